The van der Waals surface area contributed by atoms with E-state index in [-0.39, 0.29) is 17.7 Å². The van der Waals surface area contributed by atoms with Crippen LogP contribution in [0.3, 0.4) is 0 Å². The number of nitrogens with zero attached hydrogens (tertiary/aromatic N) is 3. The molecular formula is C16H18FN5O2. The lowest BCUT2D eigenvalue weighted by Crippen LogP contribution is -2.29. The van der Waals surface area contributed by atoms with E-state index >= 15 is 0 Å². The first-order valence-electron chi connectivity index (χ1n) is 7.67. The van der Waals surface area contributed by atoms with Gasteiger partial charge in [0.1, 0.15) is 12.4 Å². The van der Waals surface area contributed by atoms with Crippen molar-refractivity contribution in [1.29, 1.82) is 0 Å². The van der Waals surface area contributed by atoms with Crippen LogP contribution in [0.1, 0.15) is 12.8 Å². The maximum atomic E-state index is 13.1. The fourth-order valence-corrected chi connectivity index (χ4v) is 2.45. The number of ether oxygens (including phenoxy) is 1. The molecule has 0 atom stereocenters. The summed E-state index contributed by atoms with van der Waals surface area (Å²) in [6.07, 6.45) is 2.55. The normalized spacial score (nSPS) is 14.0. The monoisotopic (exact) mass is 331 g/mol. The molecule has 0 bridgehead atoms. The van der Waals surface area contributed by atoms with Crippen LogP contribution in [0.15, 0.2) is 30.5 Å². The molecule has 126 valence electrons. The zero-order valence-electron chi connectivity index (χ0n) is 13.0. The summed E-state index contributed by atoms with van der Waals surface area (Å²) >= 11 is 0. The number of nitrogens with two attached hydrogens (primary N) is 1. The Morgan fingerprint density at radius 1 is 1.42 bits per heavy atom. The Morgan fingerprint density at radius 2 is 2.29 bits per heavy atom. The first kappa shape index (κ1) is 16.0. The Kier molecular flexibility index (Phi) is 4.74. The number of carbonyl (C=O) groups is 1. The fourth-order valence-electron chi connectivity index (χ4n) is 2.45. The zero-order chi connectivity index (χ0) is 16.9. The molecule has 0 saturated carbocycles. The highest BCUT2D eigenvalue weighted by molar-refractivity contribution is 5.78. The number of halogens is 1. The van der Waals surface area contributed by atoms with E-state index < -0.39 is 5.82 Å². The Bertz CT molecular complexity index is 740. The van der Waals surface area contributed by atoms with E-state index in [0.29, 0.717) is 31.0 Å². The summed E-state index contributed by atoms with van der Waals surface area (Å²) in [6.45, 7) is 1.80. The average molecular weight is 331 g/mol. The molecule has 3 N–H and O–H groups in total. The van der Waals surface area contributed by atoms with E-state index in [2.05, 4.69) is 15.3 Å². The van der Waals surface area contributed by atoms with E-state index in [1.54, 1.807) is 17.0 Å². The van der Waals surface area contributed by atoms with Crippen LogP contribution in [0.2, 0.25) is 0 Å². The van der Waals surface area contributed by atoms with Crippen molar-refractivity contribution in [2.24, 2.45) is 0 Å². The molecule has 1 aromatic heterocycles. The minimum atomic E-state index is -0.658. The molecule has 1 aromatic carbocycles. The minimum Gasteiger partial charge on any atom is -0.492 e. The summed E-state index contributed by atoms with van der Waals surface area (Å²) in [7, 11) is 0. The predicted molar refractivity (Wildman–Crippen MR) is 87.4 cm³/mol. The van der Waals surface area contributed by atoms with Gasteiger partial charge in [-0.05, 0) is 18.6 Å². The van der Waals surface area contributed by atoms with Crippen molar-refractivity contribution in [3.8, 4) is 5.75 Å². The van der Waals surface area contributed by atoms with Crippen molar-refractivity contribution in [1.82, 2.24) is 14.9 Å². The van der Waals surface area contributed by atoms with Crippen molar-refractivity contribution in [2.75, 3.05) is 30.7 Å². The van der Waals surface area contributed by atoms with E-state index in [1.807, 2.05) is 12.1 Å². The lowest BCUT2D eigenvalue weighted by atomic mass is 10.3. The van der Waals surface area contributed by atoms with Crippen LogP contribution in [0.25, 0.3) is 0 Å². The van der Waals surface area contributed by atoms with Gasteiger partial charge in [-0.1, -0.05) is 6.07 Å². The van der Waals surface area contributed by atoms with Crippen LogP contribution in [-0.2, 0) is 4.79 Å². The number of carbonyl (C=O) groups excluding carboxylic acids is 1. The first-order chi connectivity index (χ1) is 11.6. The second-order valence-electron chi connectivity index (χ2n) is 5.41. The Morgan fingerprint density at radius 3 is 3.04 bits per heavy atom. The van der Waals surface area contributed by atoms with E-state index in [4.69, 9.17) is 10.5 Å². The lowest BCUT2D eigenvalue weighted by molar-refractivity contribution is -0.128. The molecule has 0 aliphatic carbocycles. The number of hydrogen-bond acceptors (Lipinski definition) is 6. The van der Waals surface area contributed by atoms with Gasteiger partial charge in [0, 0.05) is 24.7 Å². The molecule has 0 spiro atoms. The molecule has 0 unspecified atom stereocenters. The SMILES string of the molecule is Nc1nc(Nc2cccc(OCCN3CCCC3=O)c2)ncc1F. The number of benzene rings is 1. The molecule has 0 radical (unpaired) electrons. The highest BCUT2D eigenvalue weighted by Crippen LogP contribution is 2.20. The zero-order valence-corrected chi connectivity index (χ0v) is 13.0. The molecule has 3 rings (SSSR count). The highest BCUT2D eigenvalue weighted by atomic mass is 19.1. The summed E-state index contributed by atoms with van der Waals surface area (Å²) < 4.78 is 18.7. The smallest absolute Gasteiger partial charge is 0.229 e. The van der Waals surface area contributed by atoms with Crippen molar-refractivity contribution in [3.05, 3.63) is 36.3 Å². The maximum Gasteiger partial charge on any atom is 0.229 e. The molecule has 1 fully saturated rings. The third kappa shape index (κ3) is 3.89. The molecule has 7 nitrogen and oxygen atoms in total. The third-order valence-electron chi connectivity index (χ3n) is 3.66. The fraction of sp³-hybridized carbons (Fsp3) is 0.312. The van der Waals surface area contributed by atoms with Crippen LogP contribution in [0.5, 0.6) is 5.75 Å². The maximum absolute atomic E-state index is 13.1. The molecule has 2 aromatic rings. The van der Waals surface area contributed by atoms with Crippen molar-refractivity contribution in [3.63, 3.8) is 0 Å². The first-order valence-corrected chi connectivity index (χ1v) is 7.67. The van der Waals surface area contributed by atoms with Gasteiger partial charge < -0.3 is 20.7 Å². The number of likely N-dealkylation sites (tertiary alicyclic amines) is 1. The van der Waals surface area contributed by atoms with Gasteiger partial charge in [-0.2, -0.15) is 4.98 Å². The van der Waals surface area contributed by atoms with Crippen LogP contribution >= 0.6 is 0 Å². The second kappa shape index (κ2) is 7.12. The van der Waals surface area contributed by atoms with Crippen LogP contribution in [0.4, 0.5) is 21.8 Å². The largest absolute Gasteiger partial charge is 0.492 e. The van der Waals surface area contributed by atoms with Crippen LogP contribution in [-0.4, -0.2) is 40.5 Å². The van der Waals surface area contributed by atoms with Gasteiger partial charge in [0.15, 0.2) is 11.6 Å². The summed E-state index contributed by atoms with van der Waals surface area (Å²) in [5.41, 5.74) is 6.11. The summed E-state index contributed by atoms with van der Waals surface area (Å²) in [4.78, 5) is 21.0. The number of anilines is 3. The standard InChI is InChI=1S/C16H18FN5O2/c17-13-10-19-16(21-15(13)18)20-11-3-1-4-12(9-11)24-8-7-22-6-2-5-14(22)23/h1,3-4,9-10H,2,5-8H2,(H3,18,19,20,21). The quantitative estimate of drug-likeness (QED) is 0.840. The number of nitrogen functional groups attached to an aromatic ring is 1. The van der Waals surface area contributed by atoms with Gasteiger partial charge in [0.2, 0.25) is 11.9 Å². The summed E-state index contributed by atoms with van der Waals surface area (Å²) in [5, 5.41) is 2.94. The van der Waals surface area contributed by atoms with Gasteiger partial charge in [-0.3, -0.25) is 4.79 Å². The van der Waals surface area contributed by atoms with Crippen LogP contribution < -0.4 is 15.8 Å². The van der Waals surface area contributed by atoms with Gasteiger partial charge >= 0.3 is 0 Å². The number of aromatic nitrogens is 2. The molecule has 24 heavy (non-hydrogen) atoms. The molecule has 1 aliphatic heterocycles. The molecule has 1 amide bonds. The molecule has 1 aliphatic rings. The Labute approximate surface area is 138 Å². The second-order valence-corrected chi connectivity index (χ2v) is 5.41. The Hall–Kier alpha value is -2.90. The molecule has 2 heterocycles. The van der Waals surface area contributed by atoms with Crippen molar-refractivity contribution in [2.45, 2.75) is 12.8 Å². The molecule has 8 heteroatoms. The topological polar surface area (TPSA) is 93.4 Å². The van der Waals surface area contributed by atoms with Gasteiger partial charge in [0.05, 0.1) is 12.7 Å². The summed E-state index contributed by atoms with van der Waals surface area (Å²) in [6, 6.07) is 7.21. The third-order valence-corrected chi connectivity index (χ3v) is 3.66. The average Bonchev–Trinajstić information content (AvgIpc) is 2.97. The van der Waals surface area contributed by atoms with Gasteiger partial charge in [-0.15, -0.1) is 0 Å². The lowest BCUT2D eigenvalue weighted by Gasteiger charge is -2.16. The number of nitrogens with one attached hydrogen (secondary N) is 1. The number of hydrogen-bond donors (Lipinski definition) is 2. The van der Waals surface area contributed by atoms with E-state index in [0.717, 1.165) is 19.2 Å². The van der Waals surface area contributed by atoms with Gasteiger partial charge in [0.25, 0.3) is 0 Å². The van der Waals surface area contributed by atoms with Crippen molar-refractivity contribution >= 4 is 23.4 Å². The van der Waals surface area contributed by atoms with Gasteiger partial charge in [-0.25, -0.2) is 9.37 Å². The minimum absolute atomic E-state index is 0.181. The number of amides is 1. The van der Waals surface area contributed by atoms with E-state index in [1.165, 1.54) is 0 Å². The van der Waals surface area contributed by atoms with Crippen molar-refractivity contribution < 1.29 is 13.9 Å². The summed E-state index contributed by atoms with van der Waals surface area (Å²) in [5.74, 6) is 0.166. The Balaban J connectivity index is 1.57. The molecular weight excluding hydrogens is 313 g/mol. The van der Waals surface area contributed by atoms with Crippen LogP contribution in [0, 0.1) is 5.82 Å². The number of rotatable bonds is 6. The predicted octanol–water partition coefficient (Wildman–Crippen LogP) is 1.94. The highest BCUT2D eigenvalue weighted by Gasteiger charge is 2.19. The molecule has 1 saturated heterocycles. The van der Waals surface area contributed by atoms with E-state index in [9.17, 15) is 9.18 Å².